The molecule has 2 amide bonds. The Bertz CT molecular complexity index is 514. The summed E-state index contributed by atoms with van der Waals surface area (Å²) in [7, 11) is -3.23. The number of rotatable bonds is 2. The molecule has 0 aromatic rings. The summed E-state index contributed by atoms with van der Waals surface area (Å²) in [5, 5.41) is 12.4. The topological polar surface area (TPSA) is 113 Å². The quantitative estimate of drug-likeness (QED) is 0.660. The van der Waals surface area contributed by atoms with Crippen LogP contribution in [0.15, 0.2) is 11.5 Å². The number of sulfone groups is 1. The molecule has 8 nitrogen and oxygen atoms in total. The Labute approximate surface area is 109 Å². The van der Waals surface area contributed by atoms with Gasteiger partial charge in [-0.05, 0) is 6.08 Å². The maximum absolute atomic E-state index is 11.9. The van der Waals surface area contributed by atoms with Crippen LogP contribution in [-0.2, 0) is 19.4 Å². The lowest BCUT2D eigenvalue weighted by Crippen LogP contribution is -2.53. The molecule has 0 aromatic heterocycles. The number of ether oxygens (including phenoxy) is 1. The number of hydrogen-bond donors (Lipinski definition) is 2. The van der Waals surface area contributed by atoms with Crippen LogP contribution in [-0.4, -0.2) is 68.0 Å². The van der Waals surface area contributed by atoms with Crippen LogP contribution in [0.5, 0.6) is 0 Å². The fourth-order valence-electron chi connectivity index (χ4n) is 1.90. The van der Waals surface area contributed by atoms with Crippen LogP contribution in [0, 0.1) is 0 Å². The van der Waals surface area contributed by atoms with E-state index in [0.717, 1.165) is 5.41 Å². The lowest BCUT2D eigenvalue weighted by Gasteiger charge is -2.31. The maximum Gasteiger partial charge on any atom is 0.334 e. The maximum atomic E-state index is 11.9. The molecule has 2 rings (SSSR count). The van der Waals surface area contributed by atoms with Gasteiger partial charge in [-0.1, -0.05) is 0 Å². The molecule has 1 fully saturated rings. The van der Waals surface area contributed by atoms with Crippen molar-refractivity contribution in [1.82, 2.24) is 10.2 Å². The van der Waals surface area contributed by atoms with Crippen molar-refractivity contribution in [2.24, 2.45) is 0 Å². The zero-order chi connectivity index (χ0) is 14.0. The highest BCUT2D eigenvalue weighted by atomic mass is 32.2. The summed E-state index contributed by atoms with van der Waals surface area (Å²) >= 11 is 0. The second-order valence-corrected chi connectivity index (χ2v) is 6.29. The summed E-state index contributed by atoms with van der Waals surface area (Å²) in [6, 6.07) is -1.05. The van der Waals surface area contributed by atoms with Crippen LogP contribution in [0.4, 0.5) is 4.79 Å². The van der Waals surface area contributed by atoms with E-state index in [2.05, 4.69) is 5.32 Å². The van der Waals surface area contributed by atoms with Gasteiger partial charge in [0.25, 0.3) is 0 Å². The average Bonchev–Trinajstić information content (AvgIpc) is 2.68. The van der Waals surface area contributed by atoms with E-state index in [-0.39, 0.29) is 25.4 Å². The van der Waals surface area contributed by atoms with Gasteiger partial charge in [0.05, 0.1) is 24.9 Å². The minimum absolute atomic E-state index is 0.0512. The zero-order valence-corrected chi connectivity index (χ0v) is 10.8. The minimum Gasteiger partial charge on any atom is -0.479 e. The monoisotopic (exact) mass is 290 g/mol. The van der Waals surface area contributed by atoms with Crippen LogP contribution in [0.3, 0.4) is 0 Å². The molecule has 0 radical (unpaired) electrons. The molecule has 0 aromatic carbocycles. The van der Waals surface area contributed by atoms with Gasteiger partial charge in [0.15, 0.2) is 15.9 Å². The number of carbonyl (C=O) groups is 2. The van der Waals surface area contributed by atoms with Gasteiger partial charge in [0, 0.05) is 12.0 Å². The number of nitrogens with one attached hydrogen (secondary N) is 1. The summed E-state index contributed by atoms with van der Waals surface area (Å²) < 4.78 is 27.4. The van der Waals surface area contributed by atoms with E-state index in [1.54, 1.807) is 0 Å². The summed E-state index contributed by atoms with van der Waals surface area (Å²) in [5.74, 6) is -1.29. The lowest BCUT2D eigenvalue weighted by molar-refractivity contribution is -0.154. The smallest absolute Gasteiger partial charge is 0.334 e. The SMILES string of the molecule is O=C(O)C1CN(C(=O)NC2C=CS(=O)(=O)C2)CCO1. The predicted molar refractivity (Wildman–Crippen MR) is 64.2 cm³/mol. The van der Waals surface area contributed by atoms with Crippen molar-refractivity contribution in [2.45, 2.75) is 12.1 Å². The first-order valence-electron chi connectivity index (χ1n) is 5.68. The second-order valence-electron chi connectivity index (χ2n) is 4.36. The van der Waals surface area contributed by atoms with Gasteiger partial charge in [-0.2, -0.15) is 0 Å². The second kappa shape index (κ2) is 5.17. The average molecular weight is 290 g/mol. The highest BCUT2D eigenvalue weighted by molar-refractivity contribution is 7.94. The van der Waals surface area contributed by atoms with Gasteiger partial charge >= 0.3 is 12.0 Å². The van der Waals surface area contributed by atoms with E-state index in [0.29, 0.717) is 0 Å². The Morgan fingerprint density at radius 1 is 1.42 bits per heavy atom. The molecule has 2 atom stereocenters. The van der Waals surface area contributed by atoms with E-state index in [1.165, 1.54) is 11.0 Å². The number of nitrogens with zero attached hydrogens (tertiary/aromatic N) is 1. The zero-order valence-electron chi connectivity index (χ0n) is 9.98. The number of carbonyl (C=O) groups excluding carboxylic acids is 1. The normalized spacial score (nSPS) is 29.2. The van der Waals surface area contributed by atoms with E-state index < -0.39 is 34.0 Å². The van der Waals surface area contributed by atoms with E-state index in [1.807, 2.05) is 0 Å². The fourth-order valence-corrected chi connectivity index (χ4v) is 3.13. The van der Waals surface area contributed by atoms with Crippen molar-refractivity contribution in [3.63, 3.8) is 0 Å². The molecule has 2 aliphatic heterocycles. The molecule has 19 heavy (non-hydrogen) atoms. The molecular weight excluding hydrogens is 276 g/mol. The molecule has 0 saturated carbocycles. The number of amides is 2. The van der Waals surface area contributed by atoms with Crippen LogP contribution < -0.4 is 5.32 Å². The van der Waals surface area contributed by atoms with Crippen molar-refractivity contribution in [3.8, 4) is 0 Å². The molecule has 0 bridgehead atoms. The highest BCUT2D eigenvalue weighted by Gasteiger charge is 2.31. The number of aliphatic carboxylic acids is 1. The van der Waals surface area contributed by atoms with Gasteiger partial charge < -0.3 is 20.1 Å². The van der Waals surface area contributed by atoms with Crippen molar-refractivity contribution >= 4 is 21.8 Å². The van der Waals surface area contributed by atoms with Gasteiger partial charge in [-0.3, -0.25) is 0 Å². The van der Waals surface area contributed by atoms with Crippen LogP contribution >= 0.6 is 0 Å². The van der Waals surface area contributed by atoms with Crippen LogP contribution in [0.2, 0.25) is 0 Å². The third-order valence-electron chi connectivity index (χ3n) is 2.87. The molecule has 2 N–H and O–H groups in total. The predicted octanol–water partition coefficient (Wildman–Crippen LogP) is -1.21. The molecule has 0 aliphatic carbocycles. The van der Waals surface area contributed by atoms with E-state index in [9.17, 15) is 18.0 Å². The van der Waals surface area contributed by atoms with Crippen molar-refractivity contribution < 1.29 is 27.9 Å². The van der Waals surface area contributed by atoms with Crippen molar-refractivity contribution in [3.05, 3.63) is 11.5 Å². The first kappa shape index (κ1) is 13.8. The van der Waals surface area contributed by atoms with Gasteiger partial charge in [0.2, 0.25) is 0 Å². The molecule has 2 aliphatic rings. The van der Waals surface area contributed by atoms with Crippen LogP contribution in [0.1, 0.15) is 0 Å². The van der Waals surface area contributed by atoms with Gasteiger partial charge in [-0.25, -0.2) is 18.0 Å². The van der Waals surface area contributed by atoms with Crippen LogP contribution in [0.25, 0.3) is 0 Å². The summed E-state index contributed by atoms with van der Waals surface area (Å²) in [6.07, 6.45) is 0.366. The lowest BCUT2D eigenvalue weighted by atomic mass is 10.3. The minimum atomic E-state index is -3.23. The molecule has 2 heterocycles. The standard InChI is InChI=1S/C10H14N2O6S/c13-9(14)8-5-12(2-3-18-8)10(15)11-7-1-4-19(16,17)6-7/h1,4,7-8H,2-3,5-6H2,(H,11,15)(H,13,14). The van der Waals surface area contributed by atoms with E-state index in [4.69, 9.17) is 9.84 Å². The Kier molecular flexibility index (Phi) is 3.76. The first-order chi connectivity index (χ1) is 8.87. The number of carboxylic acid groups (broad SMARTS) is 1. The van der Waals surface area contributed by atoms with Crippen molar-refractivity contribution in [2.75, 3.05) is 25.4 Å². The molecule has 106 valence electrons. The Morgan fingerprint density at radius 3 is 2.74 bits per heavy atom. The first-order valence-corrected chi connectivity index (χ1v) is 7.40. The molecular formula is C10H14N2O6S. The summed E-state index contributed by atoms with van der Waals surface area (Å²) in [4.78, 5) is 24.0. The molecule has 9 heteroatoms. The Morgan fingerprint density at radius 2 is 2.16 bits per heavy atom. The van der Waals surface area contributed by atoms with E-state index >= 15 is 0 Å². The number of urea groups is 1. The van der Waals surface area contributed by atoms with Crippen molar-refractivity contribution in [1.29, 1.82) is 0 Å². The summed E-state index contributed by atoms with van der Waals surface area (Å²) in [6.45, 7) is 0.367. The number of carboxylic acids is 1. The fraction of sp³-hybridized carbons (Fsp3) is 0.600. The van der Waals surface area contributed by atoms with Gasteiger partial charge in [-0.15, -0.1) is 0 Å². The highest BCUT2D eigenvalue weighted by Crippen LogP contribution is 2.10. The number of hydrogen-bond acceptors (Lipinski definition) is 5. The molecule has 1 saturated heterocycles. The molecule has 0 spiro atoms. The Hall–Kier alpha value is -1.61. The third-order valence-corrected chi connectivity index (χ3v) is 4.26. The summed E-state index contributed by atoms with van der Waals surface area (Å²) in [5.41, 5.74) is 0. The third kappa shape index (κ3) is 3.44. The molecule has 2 unspecified atom stereocenters. The van der Waals surface area contributed by atoms with Gasteiger partial charge in [0.1, 0.15) is 0 Å². The Balaban J connectivity index is 1.90. The number of morpholine rings is 1. The largest absolute Gasteiger partial charge is 0.479 e.